The van der Waals surface area contributed by atoms with Crippen molar-refractivity contribution in [1.29, 1.82) is 0 Å². The second-order valence-corrected chi connectivity index (χ2v) is 7.07. The summed E-state index contributed by atoms with van der Waals surface area (Å²) in [5.41, 5.74) is 7.99. The van der Waals surface area contributed by atoms with Gasteiger partial charge in [-0.15, -0.1) is 0 Å². The Morgan fingerprint density at radius 1 is 1.12 bits per heavy atom. The number of rotatable bonds is 4. The molecule has 2 aromatic carbocycles. The molecule has 1 aliphatic heterocycles. The van der Waals surface area contributed by atoms with Gasteiger partial charge >= 0.3 is 0 Å². The number of carbonyl (C=O) groups excluding carboxylic acids is 1. The molecule has 0 aromatic heterocycles. The van der Waals surface area contributed by atoms with Crippen LogP contribution in [0.25, 0.3) is 0 Å². The molecule has 3 rings (SSSR count). The molecule has 126 valence electrons. The van der Waals surface area contributed by atoms with E-state index in [1.807, 2.05) is 29.2 Å². The van der Waals surface area contributed by atoms with Gasteiger partial charge in [0.2, 0.25) is 5.91 Å². The van der Waals surface area contributed by atoms with Gasteiger partial charge in [0.05, 0.1) is 6.42 Å². The van der Waals surface area contributed by atoms with Gasteiger partial charge in [-0.3, -0.25) is 4.79 Å². The van der Waals surface area contributed by atoms with Gasteiger partial charge in [0.15, 0.2) is 0 Å². The van der Waals surface area contributed by atoms with E-state index in [2.05, 4.69) is 12.1 Å². The maximum absolute atomic E-state index is 12.7. The van der Waals surface area contributed by atoms with Crippen LogP contribution in [-0.2, 0) is 11.2 Å². The lowest BCUT2D eigenvalue weighted by molar-refractivity contribution is -0.129. The summed E-state index contributed by atoms with van der Waals surface area (Å²) in [7, 11) is 0. The van der Waals surface area contributed by atoms with E-state index in [9.17, 15) is 4.79 Å². The molecule has 0 radical (unpaired) electrons. The number of benzene rings is 2. The first-order chi connectivity index (χ1) is 11.6. The predicted molar refractivity (Wildman–Crippen MR) is 98.5 cm³/mol. The van der Waals surface area contributed by atoms with E-state index in [1.54, 1.807) is 12.1 Å². The number of likely N-dealkylation sites (tertiary alicyclic amines) is 1. The Morgan fingerprint density at radius 2 is 1.88 bits per heavy atom. The van der Waals surface area contributed by atoms with Crippen LogP contribution in [0.5, 0.6) is 0 Å². The number of nitrogens with zero attached hydrogens (tertiary/aromatic N) is 1. The van der Waals surface area contributed by atoms with Crippen molar-refractivity contribution in [3.8, 4) is 0 Å². The fourth-order valence-corrected chi connectivity index (χ4v) is 3.81. The van der Waals surface area contributed by atoms with Gasteiger partial charge in [-0.05, 0) is 35.7 Å². The zero-order valence-corrected chi connectivity index (χ0v) is 14.8. The van der Waals surface area contributed by atoms with Crippen molar-refractivity contribution in [1.82, 2.24) is 4.90 Å². The number of hydrogen-bond donors (Lipinski definition) is 1. The van der Waals surface area contributed by atoms with Crippen molar-refractivity contribution < 1.29 is 4.79 Å². The number of hydrogen-bond acceptors (Lipinski definition) is 2. The van der Waals surface area contributed by atoms with Crippen LogP contribution in [0.1, 0.15) is 17.0 Å². The highest BCUT2D eigenvalue weighted by molar-refractivity contribution is 6.35. The highest BCUT2D eigenvalue weighted by Gasteiger charge is 2.35. The number of nitrogens with two attached hydrogens (primary N) is 1. The molecule has 1 amide bonds. The van der Waals surface area contributed by atoms with Gasteiger partial charge in [-0.2, -0.15) is 0 Å². The molecule has 0 unspecified atom stereocenters. The summed E-state index contributed by atoms with van der Waals surface area (Å²) >= 11 is 12.1. The summed E-state index contributed by atoms with van der Waals surface area (Å²) in [5.74, 6) is 0.661. The molecule has 0 spiro atoms. The van der Waals surface area contributed by atoms with E-state index in [0.29, 0.717) is 35.6 Å². The predicted octanol–water partition coefficient (Wildman–Crippen LogP) is 3.74. The van der Waals surface area contributed by atoms with Crippen molar-refractivity contribution >= 4 is 29.1 Å². The average molecular weight is 363 g/mol. The monoisotopic (exact) mass is 362 g/mol. The molecule has 2 aromatic rings. The van der Waals surface area contributed by atoms with Gasteiger partial charge in [0.25, 0.3) is 0 Å². The third kappa shape index (κ3) is 3.75. The largest absolute Gasteiger partial charge is 0.341 e. The minimum atomic E-state index is 0.0797. The molecule has 0 saturated carbocycles. The zero-order valence-electron chi connectivity index (χ0n) is 13.3. The fraction of sp³-hybridized carbons (Fsp3) is 0.316. The number of halogens is 2. The van der Waals surface area contributed by atoms with Gasteiger partial charge in [-0.1, -0.05) is 59.6 Å². The Bertz CT molecular complexity index is 721. The van der Waals surface area contributed by atoms with Crippen molar-refractivity contribution in [2.45, 2.75) is 12.3 Å². The maximum atomic E-state index is 12.7. The second kappa shape index (κ2) is 7.56. The van der Waals surface area contributed by atoms with Crippen LogP contribution in [0.2, 0.25) is 10.0 Å². The summed E-state index contributed by atoms with van der Waals surface area (Å²) in [6.45, 7) is 1.97. The van der Waals surface area contributed by atoms with Gasteiger partial charge in [0.1, 0.15) is 0 Å². The molecule has 1 saturated heterocycles. The van der Waals surface area contributed by atoms with Crippen molar-refractivity contribution in [3.05, 3.63) is 69.7 Å². The van der Waals surface area contributed by atoms with E-state index < -0.39 is 0 Å². The molecule has 24 heavy (non-hydrogen) atoms. The second-order valence-electron chi connectivity index (χ2n) is 6.22. The maximum Gasteiger partial charge on any atom is 0.227 e. The number of carbonyl (C=O) groups is 1. The quantitative estimate of drug-likeness (QED) is 0.900. The Balaban J connectivity index is 1.72. The van der Waals surface area contributed by atoms with Crippen LogP contribution in [0.4, 0.5) is 0 Å². The van der Waals surface area contributed by atoms with E-state index in [0.717, 1.165) is 5.56 Å². The highest BCUT2D eigenvalue weighted by atomic mass is 35.5. The molecular weight excluding hydrogens is 343 g/mol. The molecular formula is C19H20Cl2N2O. The Hall–Kier alpha value is -1.55. The summed E-state index contributed by atoms with van der Waals surface area (Å²) in [6.07, 6.45) is 0.287. The first-order valence-corrected chi connectivity index (χ1v) is 8.80. The molecule has 2 N–H and O–H groups in total. The standard InChI is InChI=1S/C19H20Cl2N2O/c20-16-7-6-14(18(21)9-16)8-19(24)23-11-15(10-22)17(12-23)13-4-2-1-3-5-13/h1-7,9,15,17H,8,10-12,22H2/t15-,17+/m1/s1. The fourth-order valence-electron chi connectivity index (χ4n) is 3.33. The SMILES string of the molecule is NC[C@@H]1CN(C(=O)Cc2ccc(Cl)cc2Cl)C[C@H]1c1ccccc1. The van der Waals surface area contributed by atoms with Crippen LogP contribution in [-0.4, -0.2) is 30.4 Å². The Morgan fingerprint density at radius 3 is 2.54 bits per heavy atom. The van der Waals surface area contributed by atoms with Crippen LogP contribution in [0.3, 0.4) is 0 Å². The van der Waals surface area contributed by atoms with Crippen LogP contribution >= 0.6 is 23.2 Å². The molecule has 2 atom stereocenters. The molecule has 0 bridgehead atoms. The van der Waals surface area contributed by atoms with Crippen LogP contribution in [0, 0.1) is 5.92 Å². The van der Waals surface area contributed by atoms with Crippen LogP contribution in [0.15, 0.2) is 48.5 Å². The Labute approximate surface area is 152 Å². The van der Waals surface area contributed by atoms with Crippen molar-refractivity contribution in [2.75, 3.05) is 19.6 Å². The lowest BCUT2D eigenvalue weighted by Gasteiger charge is -2.17. The van der Waals surface area contributed by atoms with Crippen LogP contribution < -0.4 is 5.73 Å². The van der Waals surface area contributed by atoms with E-state index in [-0.39, 0.29) is 18.2 Å². The molecule has 1 aliphatic rings. The number of amides is 1. The third-order valence-corrected chi connectivity index (χ3v) is 5.27. The first kappa shape index (κ1) is 17.3. The average Bonchev–Trinajstić information content (AvgIpc) is 3.02. The summed E-state index contributed by atoms with van der Waals surface area (Å²) in [6, 6.07) is 15.5. The third-order valence-electron chi connectivity index (χ3n) is 4.68. The van der Waals surface area contributed by atoms with E-state index in [1.165, 1.54) is 5.56 Å². The van der Waals surface area contributed by atoms with Gasteiger partial charge < -0.3 is 10.6 Å². The molecule has 1 fully saturated rings. The van der Waals surface area contributed by atoms with Gasteiger partial charge in [0, 0.05) is 29.1 Å². The molecule has 3 nitrogen and oxygen atoms in total. The Kier molecular flexibility index (Phi) is 5.44. The lowest BCUT2D eigenvalue weighted by atomic mass is 9.89. The highest BCUT2D eigenvalue weighted by Crippen LogP contribution is 2.32. The summed E-state index contributed by atoms with van der Waals surface area (Å²) < 4.78 is 0. The van der Waals surface area contributed by atoms with Crippen molar-refractivity contribution in [3.63, 3.8) is 0 Å². The summed E-state index contributed by atoms with van der Waals surface area (Å²) in [5, 5.41) is 1.11. The minimum absolute atomic E-state index is 0.0797. The minimum Gasteiger partial charge on any atom is -0.341 e. The van der Waals surface area contributed by atoms with Gasteiger partial charge in [-0.25, -0.2) is 0 Å². The summed E-state index contributed by atoms with van der Waals surface area (Å²) in [4.78, 5) is 14.6. The lowest BCUT2D eigenvalue weighted by Crippen LogP contribution is -2.31. The topological polar surface area (TPSA) is 46.3 Å². The van der Waals surface area contributed by atoms with Crippen molar-refractivity contribution in [2.24, 2.45) is 11.7 Å². The van der Waals surface area contributed by atoms with E-state index in [4.69, 9.17) is 28.9 Å². The molecule has 0 aliphatic carbocycles. The normalized spacial score (nSPS) is 20.4. The zero-order chi connectivity index (χ0) is 17.1. The smallest absolute Gasteiger partial charge is 0.227 e. The molecule has 1 heterocycles. The van der Waals surface area contributed by atoms with E-state index >= 15 is 0 Å². The first-order valence-electron chi connectivity index (χ1n) is 8.05. The molecule has 5 heteroatoms.